The summed E-state index contributed by atoms with van der Waals surface area (Å²) in [4.78, 5) is 20.2. The molecule has 0 aliphatic rings. The first-order valence-electron chi connectivity index (χ1n) is 6.93. The molecule has 3 rings (SSSR count). The number of nitrogens with zero attached hydrogens (tertiary/aromatic N) is 2. The van der Waals surface area contributed by atoms with E-state index in [1.54, 1.807) is 26.0 Å². The van der Waals surface area contributed by atoms with Crippen LogP contribution in [-0.4, -0.2) is 27.8 Å². The third kappa shape index (κ3) is 2.39. The normalized spacial score (nSPS) is 12.5. The summed E-state index contributed by atoms with van der Waals surface area (Å²) in [5, 5.41) is 14.8. The zero-order chi connectivity index (χ0) is 15.7. The van der Waals surface area contributed by atoms with Crippen LogP contribution in [0.5, 0.6) is 0 Å². The second-order valence-corrected chi connectivity index (χ2v) is 4.81. The fraction of sp³-hybridized carbons (Fsp3) is 0.188. The number of ether oxygens (including phenoxy) is 1. The van der Waals surface area contributed by atoms with Crippen LogP contribution in [-0.2, 0) is 4.74 Å². The van der Waals surface area contributed by atoms with Gasteiger partial charge in [-0.2, -0.15) is 0 Å². The highest BCUT2D eigenvalue weighted by Crippen LogP contribution is 2.23. The average molecular weight is 297 g/mol. The van der Waals surface area contributed by atoms with Gasteiger partial charge in [-0.3, -0.25) is 5.32 Å². The van der Waals surface area contributed by atoms with Gasteiger partial charge >= 0.3 is 6.09 Å². The molecule has 0 saturated heterocycles. The minimum atomic E-state index is -0.586. The molecule has 1 aromatic heterocycles. The Bertz CT molecular complexity index is 898. The number of hydrogen-bond acceptors (Lipinski definition) is 5. The summed E-state index contributed by atoms with van der Waals surface area (Å²) in [6, 6.07) is 9.19. The molecule has 6 nitrogen and oxygen atoms in total. The first kappa shape index (κ1) is 14.1. The third-order valence-electron chi connectivity index (χ3n) is 3.33. The topological polar surface area (TPSA) is 84.3 Å². The summed E-state index contributed by atoms with van der Waals surface area (Å²) >= 11 is 0. The third-order valence-corrected chi connectivity index (χ3v) is 3.33. The fourth-order valence-corrected chi connectivity index (χ4v) is 2.44. The zero-order valence-electron chi connectivity index (χ0n) is 12.3. The summed E-state index contributed by atoms with van der Waals surface area (Å²) in [5.41, 5.74) is 1.38. The van der Waals surface area contributed by atoms with Crippen molar-refractivity contribution in [2.24, 2.45) is 0 Å². The van der Waals surface area contributed by atoms with Gasteiger partial charge in [0.25, 0.3) is 0 Å². The Labute approximate surface area is 126 Å². The molecule has 1 amide bonds. The fourth-order valence-electron chi connectivity index (χ4n) is 2.44. The number of aliphatic hydroxyl groups is 1. The summed E-state index contributed by atoms with van der Waals surface area (Å²) in [6.45, 7) is 3.64. The van der Waals surface area contributed by atoms with Crippen molar-refractivity contribution in [3.8, 4) is 0 Å². The predicted molar refractivity (Wildman–Crippen MR) is 84.6 cm³/mol. The van der Waals surface area contributed by atoms with Gasteiger partial charge < -0.3 is 9.84 Å². The smallest absolute Gasteiger partial charge is 0.414 e. The Morgan fingerprint density at radius 3 is 2.64 bits per heavy atom. The van der Waals surface area contributed by atoms with Gasteiger partial charge in [-0.25, -0.2) is 14.8 Å². The Balaban J connectivity index is 2.22. The lowest BCUT2D eigenvalue weighted by Gasteiger charge is -2.09. The monoisotopic (exact) mass is 297 g/mol. The largest absolute Gasteiger partial charge is 0.512 e. The van der Waals surface area contributed by atoms with Crippen LogP contribution in [0.3, 0.4) is 0 Å². The van der Waals surface area contributed by atoms with E-state index in [1.807, 2.05) is 18.2 Å². The highest BCUT2D eigenvalue weighted by atomic mass is 16.5. The van der Waals surface area contributed by atoms with E-state index in [9.17, 15) is 9.90 Å². The van der Waals surface area contributed by atoms with Gasteiger partial charge in [-0.05, 0) is 37.4 Å². The maximum Gasteiger partial charge on any atom is 0.414 e. The number of anilines is 1. The van der Waals surface area contributed by atoms with Crippen molar-refractivity contribution in [2.45, 2.75) is 13.8 Å². The first-order chi connectivity index (χ1) is 10.6. The number of aliphatic hydroxyl groups excluding tert-OH is 1. The van der Waals surface area contributed by atoms with Crippen molar-refractivity contribution in [1.29, 1.82) is 0 Å². The van der Waals surface area contributed by atoms with Gasteiger partial charge in [0.1, 0.15) is 0 Å². The molecule has 0 spiro atoms. The molecule has 6 heteroatoms. The zero-order valence-corrected chi connectivity index (χ0v) is 12.3. The van der Waals surface area contributed by atoms with Crippen LogP contribution >= 0.6 is 0 Å². The molecule has 0 saturated carbocycles. The molecule has 0 aliphatic heterocycles. The number of carbonyl (C=O) groups excluding carboxylic acids is 1. The Morgan fingerprint density at radius 2 is 1.95 bits per heavy atom. The number of hydrogen-bond donors (Lipinski definition) is 2. The number of rotatable bonds is 2. The second kappa shape index (κ2) is 5.48. The number of benzene rings is 2. The Hall–Kier alpha value is -2.89. The summed E-state index contributed by atoms with van der Waals surface area (Å²) in [5.74, 6) is 0.430. The Kier molecular flexibility index (Phi) is 3.50. The van der Waals surface area contributed by atoms with E-state index in [-0.39, 0.29) is 18.3 Å². The molecular weight excluding hydrogens is 282 g/mol. The van der Waals surface area contributed by atoms with E-state index >= 15 is 0 Å². The van der Waals surface area contributed by atoms with Crippen molar-refractivity contribution >= 4 is 39.6 Å². The van der Waals surface area contributed by atoms with Crippen LogP contribution in [0.15, 0.2) is 30.3 Å². The lowest BCUT2D eigenvalue weighted by Crippen LogP contribution is -2.16. The highest BCUT2D eigenvalue weighted by Gasteiger charge is 2.11. The number of nitrogens with one attached hydrogen (secondary N) is 1. The molecule has 0 fully saturated rings. The molecule has 0 radical (unpaired) electrons. The van der Waals surface area contributed by atoms with Gasteiger partial charge in [0.15, 0.2) is 0 Å². The van der Waals surface area contributed by atoms with E-state index in [2.05, 4.69) is 15.3 Å². The summed E-state index contributed by atoms with van der Waals surface area (Å²) in [6.07, 6.45) is -0.586. The van der Waals surface area contributed by atoms with E-state index in [0.29, 0.717) is 11.0 Å². The van der Waals surface area contributed by atoms with Crippen molar-refractivity contribution in [1.82, 2.24) is 9.97 Å². The molecular formula is C16H15N3O3. The van der Waals surface area contributed by atoms with Gasteiger partial charge in [0.2, 0.25) is 5.95 Å². The van der Waals surface area contributed by atoms with Gasteiger partial charge in [0.05, 0.1) is 23.4 Å². The molecule has 1 heterocycles. The molecule has 0 aliphatic carbocycles. The summed E-state index contributed by atoms with van der Waals surface area (Å²) < 4.78 is 4.83. The van der Waals surface area contributed by atoms with E-state index in [4.69, 9.17) is 4.74 Å². The number of amides is 1. The minimum absolute atomic E-state index is 0.191. The maximum absolute atomic E-state index is 11.5. The standard InChI is InChI=1S/C16H15N3O3/c1-3-22-16(21)19-15-17-12-6-4-5-11-10(9(2)20)7-8-13(18-15)14(11)12/h4-8,20H,3H2,1-2H3,(H,17,18,19,21). The van der Waals surface area contributed by atoms with Crippen LogP contribution in [0, 0.1) is 0 Å². The lowest BCUT2D eigenvalue weighted by molar-refractivity contribution is 0.167. The van der Waals surface area contributed by atoms with Crippen molar-refractivity contribution in [2.75, 3.05) is 11.9 Å². The van der Waals surface area contributed by atoms with Crippen LogP contribution in [0.25, 0.3) is 27.6 Å². The van der Waals surface area contributed by atoms with Gasteiger partial charge in [-0.1, -0.05) is 12.1 Å². The van der Waals surface area contributed by atoms with Crippen molar-refractivity contribution in [3.63, 3.8) is 0 Å². The molecule has 3 aromatic rings. The number of carbonyl (C=O) groups is 1. The van der Waals surface area contributed by atoms with Crippen LogP contribution in [0.1, 0.15) is 13.8 Å². The maximum atomic E-state index is 11.5. The van der Waals surface area contributed by atoms with Gasteiger partial charge in [-0.15, -0.1) is 0 Å². The first-order valence-corrected chi connectivity index (χ1v) is 6.93. The average Bonchev–Trinajstić information content (AvgIpc) is 2.47. The summed E-state index contributed by atoms with van der Waals surface area (Å²) in [7, 11) is 0. The molecule has 112 valence electrons. The lowest BCUT2D eigenvalue weighted by atomic mass is 10.1. The van der Waals surface area contributed by atoms with Crippen molar-refractivity contribution in [3.05, 3.63) is 35.6 Å². The van der Waals surface area contributed by atoms with Crippen LogP contribution < -0.4 is 10.5 Å². The Morgan fingerprint density at radius 1 is 1.23 bits per heavy atom. The molecule has 0 atom stereocenters. The quantitative estimate of drug-likeness (QED) is 0.759. The van der Waals surface area contributed by atoms with E-state index < -0.39 is 6.09 Å². The van der Waals surface area contributed by atoms with Gasteiger partial charge in [0, 0.05) is 10.6 Å². The molecule has 0 bridgehead atoms. The molecule has 2 N–H and O–H groups in total. The van der Waals surface area contributed by atoms with Crippen molar-refractivity contribution < 1.29 is 14.6 Å². The minimum Gasteiger partial charge on any atom is -0.512 e. The molecule has 2 aromatic carbocycles. The SMILES string of the molecule is CCOC(=O)Nc1nc2cccc3c(=C(C)O)ccc(n1)c23. The number of aromatic nitrogens is 2. The second-order valence-electron chi connectivity index (χ2n) is 4.81. The van der Waals surface area contributed by atoms with E-state index in [1.165, 1.54) is 0 Å². The highest BCUT2D eigenvalue weighted by molar-refractivity contribution is 6.08. The van der Waals surface area contributed by atoms with E-state index in [0.717, 1.165) is 16.0 Å². The predicted octanol–water partition coefficient (Wildman–Crippen LogP) is 2.76. The molecule has 0 unspecified atom stereocenters. The van der Waals surface area contributed by atoms with Crippen LogP contribution in [0.4, 0.5) is 10.7 Å². The van der Waals surface area contributed by atoms with Crippen LogP contribution in [0.2, 0.25) is 0 Å². The molecule has 22 heavy (non-hydrogen) atoms.